The molecule has 1 aromatic carbocycles. The zero-order valence-corrected chi connectivity index (χ0v) is 13.0. The molecule has 1 aliphatic rings. The van der Waals surface area contributed by atoms with Gasteiger partial charge in [-0.1, -0.05) is 18.2 Å². The lowest BCUT2D eigenvalue weighted by Gasteiger charge is -2.33. The molecule has 1 N–H and O–H groups in total. The smallest absolute Gasteiger partial charge is 0.0258 e. The first-order valence-electron chi connectivity index (χ1n) is 6.14. The zero-order chi connectivity index (χ0) is 11.5. The molecule has 1 aliphatic heterocycles. The van der Waals surface area contributed by atoms with Crippen LogP contribution in [0.15, 0.2) is 18.2 Å². The highest BCUT2D eigenvalue weighted by molar-refractivity contribution is 5.85. The molecule has 104 valence electrons. The average molecular weight is 291 g/mol. The normalized spacial score (nSPS) is 19.8. The van der Waals surface area contributed by atoms with Crippen LogP contribution in [-0.2, 0) is 6.42 Å². The summed E-state index contributed by atoms with van der Waals surface area (Å²) in [6, 6.07) is 7.49. The van der Waals surface area contributed by atoms with E-state index in [4.69, 9.17) is 0 Å². The number of aryl methyl sites for hydroxylation is 2. The van der Waals surface area contributed by atoms with Crippen molar-refractivity contribution in [2.45, 2.75) is 26.3 Å². The number of rotatable bonds is 2. The largest absolute Gasteiger partial charge is 0.314 e. The van der Waals surface area contributed by atoms with Gasteiger partial charge in [0.15, 0.2) is 0 Å². The quantitative estimate of drug-likeness (QED) is 0.901. The maximum absolute atomic E-state index is 3.47. The standard InChI is InChI=1S/C14H22N2.2ClH/c1-11-4-5-13(8-12(11)2)9-14-10-15-6-7-16(14)3;;/h4-5,8,14-15H,6-7,9-10H2,1-3H3;2*1H/t14-;;/m0../s1. The molecule has 18 heavy (non-hydrogen) atoms. The maximum Gasteiger partial charge on any atom is 0.0258 e. The molecule has 1 heterocycles. The highest BCUT2D eigenvalue weighted by atomic mass is 35.5. The van der Waals surface area contributed by atoms with Crippen LogP contribution in [0.4, 0.5) is 0 Å². The lowest BCUT2D eigenvalue weighted by molar-refractivity contribution is 0.199. The first-order valence-corrected chi connectivity index (χ1v) is 6.14. The van der Waals surface area contributed by atoms with Crippen molar-refractivity contribution in [3.63, 3.8) is 0 Å². The fourth-order valence-corrected chi connectivity index (χ4v) is 2.29. The van der Waals surface area contributed by atoms with Crippen molar-refractivity contribution in [3.8, 4) is 0 Å². The van der Waals surface area contributed by atoms with Crippen molar-refractivity contribution < 1.29 is 0 Å². The van der Waals surface area contributed by atoms with Crippen molar-refractivity contribution >= 4 is 24.8 Å². The Morgan fingerprint density at radius 3 is 2.56 bits per heavy atom. The minimum absolute atomic E-state index is 0. The van der Waals surface area contributed by atoms with Crippen molar-refractivity contribution in [2.75, 3.05) is 26.7 Å². The van der Waals surface area contributed by atoms with Crippen LogP contribution in [0.3, 0.4) is 0 Å². The van der Waals surface area contributed by atoms with Gasteiger partial charge in [-0.05, 0) is 44.0 Å². The van der Waals surface area contributed by atoms with Gasteiger partial charge in [-0.2, -0.15) is 0 Å². The second-order valence-corrected chi connectivity index (χ2v) is 4.96. The van der Waals surface area contributed by atoms with Crippen LogP contribution in [0, 0.1) is 13.8 Å². The Bertz CT molecular complexity index is 369. The monoisotopic (exact) mass is 290 g/mol. The molecule has 2 nitrogen and oxygen atoms in total. The summed E-state index contributed by atoms with van der Waals surface area (Å²) in [6.45, 7) is 7.77. The molecular weight excluding hydrogens is 267 g/mol. The Morgan fingerprint density at radius 2 is 1.94 bits per heavy atom. The van der Waals surface area contributed by atoms with Gasteiger partial charge in [0, 0.05) is 25.7 Å². The Labute approximate surface area is 123 Å². The first kappa shape index (κ1) is 17.7. The Kier molecular flexibility index (Phi) is 7.88. The molecule has 0 aliphatic carbocycles. The van der Waals surface area contributed by atoms with Crippen LogP contribution >= 0.6 is 24.8 Å². The van der Waals surface area contributed by atoms with Crippen molar-refractivity contribution in [3.05, 3.63) is 34.9 Å². The lowest BCUT2D eigenvalue weighted by atomic mass is 9.99. The molecule has 0 aromatic heterocycles. The number of likely N-dealkylation sites (N-methyl/N-ethyl adjacent to an activating group) is 1. The fraction of sp³-hybridized carbons (Fsp3) is 0.571. The Morgan fingerprint density at radius 1 is 1.22 bits per heavy atom. The van der Waals surface area contributed by atoms with E-state index in [9.17, 15) is 0 Å². The van der Waals surface area contributed by atoms with Gasteiger partial charge in [0.25, 0.3) is 0 Å². The number of piperazine rings is 1. The number of nitrogens with one attached hydrogen (secondary N) is 1. The van der Waals surface area contributed by atoms with E-state index in [1.54, 1.807) is 0 Å². The van der Waals surface area contributed by atoms with Crippen molar-refractivity contribution in [1.82, 2.24) is 10.2 Å². The molecule has 1 atom stereocenters. The average Bonchev–Trinajstić information content (AvgIpc) is 2.27. The van der Waals surface area contributed by atoms with E-state index in [-0.39, 0.29) is 24.8 Å². The summed E-state index contributed by atoms with van der Waals surface area (Å²) >= 11 is 0. The van der Waals surface area contributed by atoms with Crippen LogP contribution in [0.1, 0.15) is 16.7 Å². The molecular formula is C14H24Cl2N2. The zero-order valence-electron chi connectivity index (χ0n) is 11.4. The van der Waals surface area contributed by atoms with Gasteiger partial charge < -0.3 is 10.2 Å². The van der Waals surface area contributed by atoms with Crippen LogP contribution in [0.25, 0.3) is 0 Å². The Balaban J connectivity index is 0.00000144. The SMILES string of the molecule is Cc1ccc(C[C@H]2CNCCN2C)cc1C.Cl.Cl. The molecule has 0 spiro atoms. The molecule has 0 saturated carbocycles. The summed E-state index contributed by atoms with van der Waals surface area (Å²) in [7, 11) is 2.23. The van der Waals surface area contributed by atoms with Crippen LogP contribution in [0.2, 0.25) is 0 Å². The van der Waals surface area contributed by atoms with Crippen LogP contribution in [0.5, 0.6) is 0 Å². The summed E-state index contributed by atoms with van der Waals surface area (Å²) in [5, 5.41) is 3.47. The third-order valence-corrected chi connectivity index (χ3v) is 3.69. The van der Waals surface area contributed by atoms with Gasteiger partial charge in [0.2, 0.25) is 0 Å². The number of hydrogen-bond donors (Lipinski definition) is 1. The molecule has 0 amide bonds. The maximum atomic E-state index is 3.47. The van der Waals surface area contributed by atoms with Gasteiger partial charge in [0.1, 0.15) is 0 Å². The summed E-state index contributed by atoms with van der Waals surface area (Å²) < 4.78 is 0. The number of benzene rings is 1. The van der Waals surface area contributed by atoms with Crippen LogP contribution < -0.4 is 5.32 Å². The van der Waals surface area contributed by atoms with Gasteiger partial charge in [-0.3, -0.25) is 0 Å². The molecule has 0 unspecified atom stereocenters. The van der Waals surface area contributed by atoms with E-state index in [2.05, 4.69) is 49.3 Å². The van der Waals surface area contributed by atoms with Gasteiger partial charge in [0.05, 0.1) is 0 Å². The van der Waals surface area contributed by atoms with Gasteiger partial charge in [-0.25, -0.2) is 0 Å². The molecule has 1 aromatic rings. The molecule has 1 saturated heterocycles. The first-order chi connectivity index (χ1) is 7.66. The van der Waals surface area contributed by atoms with Gasteiger partial charge >= 0.3 is 0 Å². The summed E-state index contributed by atoms with van der Waals surface area (Å²) in [6.07, 6.45) is 1.16. The molecule has 0 radical (unpaired) electrons. The minimum atomic E-state index is 0. The summed E-state index contributed by atoms with van der Waals surface area (Å²) in [4.78, 5) is 2.46. The van der Waals surface area contributed by atoms with E-state index in [0.29, 0.717) is 6.04 Å². The third kappa shape index (κ3) is 4.43. The number of hydrogen-bond acceptors (Lipinski definition) is 2. The lowest BCUT2D eigenvalue weighted by Crippen LogP contribution is -2.50. The summed E-state index contributed by atoms with van der Waals surface area (Å²) in [5.41, 5.74) is 4.26. The highest BCUT2D eigenvalue weighted by Crippen LogP contribution is 2.14. The molecule has 2 rings (SSSR count). The predicted molar refractivity (Wildman–Crippen MR) is 83.4 cm³/mol. The van der Waals surface area contributed by atoms with E-state index in [1.807, 2.05) is 0 Å². The predicted octanol–water partition coefficient (Wildman–Crippen LogP) is 2.59. The molecule has 0 bridgehead atoms. The van der Waals surface area contributed by atoms with E-state index < -0.39 is 0 Å². The van der Waals surface area contributed by atoms with Crippen LogP contribution in [-0.4, -0.2) is 37.6 Å². The minimum Gasteiger partial charge on any atom is -0.314 e. The van der Waals surface area contributed by atoms with E-state index >= 15 is 0 Å². The molecule has 1 fully saturated rings. The second-order valence-electron chi connectivity index (χ2n) is 4.96. The van der Waals surface area contributed by atoms with Crippen molar-refractivity contribution in [2.24, 2.45) is 0 Å². The van der Waals surface area contributed by atoms with E-state index in [0.717, 1.165) is 26.1 Å². The topological polar surface area (TPSA) is 15.3 Å². The van der Waals surface area contributed by atoms with Gasteiger partial charge in [-0.15, -0.1) is 24.8 Å². The fourth-order valence-electron chi connectivity index (χ4n) is 2.29. The third-order valence-electron chi connectivity index (χ3n) is 3.69. The summed E-state index contributed by atoms with van der Waals surface area (Å²) in [5.74, 6) is 0. The van der Waals surface area contributed by atoms with E-state index in [1.165, 1.54) is 16.7 Å². The number of nitrogens with zero attached hydrogens (tertiary/aromatic N) is 1. The highest BCUT2D eigenvalue weighted by Gasteiger charge is 2.18. The van der Waals surface area contributed by atoms with Crippen molar-refractivity contribution in [1.29, 1.82) is 0 Å². The molecule has 4 heteroatoms. The second kappa shape index (κ2) is 8.00. The Hall–Kier alpha value is -0.280. The number of halogens is 2.